The summed E-state index contributed by atoms with van der Waals surface area (Å²) in [4.78, 5) is 29.7. The molecule has 0 aromatic heterocycles. The second-order valence-corrected chi connectivity index (χ2v) is 8.46. The third kappa shape index (κ3) is 5.02. The van der Waals surface area contributed by atoms with Gasteiger partial charge in [-0.2, -0.15) is 0 Å². The number of Topliss-reactive ketones (excluding diaryl/α,β-unsaturated/α-hetero) is 1. The summed E-state index contributed by atoms with van der Waals surface area (Å²) >= 11 is 0. The maximum absolute atomic E-state index is 13.2. The van der Waals surface area contributed by atoms with Crippen LogP contribution in [0, 0.1) is 0 Å². The van der Waals surface area contributed by atoms with Gasteiger partial charge in [-0.1, -0.05) is 12.1 Å². The largest absolute Gasteiger partial charge is 0.507 e. The first kappa shape index (κ1) is 25.1. The average molecular weight is 469 g/mol. The fraction of sp³-hybridized carbons (Fsp3) is 0.385. The molecule has 8 nitrogen and oxygen atoms in total. The van der Waals surface area contributed by atoms with Crippen LogP contribution in [0.5, 0.6) is 11.5 Å². The highest BCUT2D eigenvalue weighted by Crippen LogP contribution is 2.41. The van der Waals surface area contributed by atoms with E-state index in [4.69, 9.17) is 14.2 Å². The molecule has 0 saturated carbocycles. The van der Waals surface area contributed by atoms with E-state index in [9.17, 15) is 14.7 Å². The Morgan fingerprint density at radius 1 is 1.06 bits per heavy atom. The first-order chi connectivity index (χ1) is 16.2. The summed E-state index contributed by atoms with van der Waals surface area (Å²) in [5, 5.41) is 11.4. The van der Waals surface area contributed by atoms with Gasteiger partial charge in [0, 0.05) is 26.3 Å². The Kier molecular flexibility index (Phi) is 7.83. The zero-order valence-electron chi connectivity index (χ0n) is 20.5. The summed E-state index contributed by atoms with van der Waals surface area (Å²) in [6.07, 6.45) is -0.0179. The van der Waals surface area contributed by atoms with Crippen LogP contribution in [0.15, 0.2) is 48.0 Å². The second kappa shape index (κ2) is 10.6. The monoisotopic (exact) mass is 468 g/mol. The smallest absolute Gasteiger partial charge is 0.295 e. The highest BCUT2D eigenvalue weighted by molar-refractivity contribution is 6.46. The number of carbonyl (C=O) groups is 2. The van der Waals surface area contributed by atoms with Crippen molar-refractivity contribution in [2.24, 2.45) is 0 Å². The van der Waals surface area contributed by atoms with Crippen LogP contribution in [0.2, 0.25) is 0 Å². The van der Waals surface area contributed by atoms with E-state index in [1.54, 1.807) is 18.2 Å². The van der Waals surface area contributed by atoms with Gasteiger partial charge in [-0.15, -0.1) is 0 Å². The number of hydrogen-bond acceptors (Lipinski definition) is 7. The number of anilines is 1. The van der Waals surface area contributed by atoms with E-state index in [0.717, 1.165) is 5.69 Å². The molecule has 34 heavy (non-hydrogen) atoms. The van der Waals surface area contributed by atoms with Crippen LogP contribution in [0.1, 0.15) is 31.0 Å². The summed E-state index contributed by atoms with van der Waals surface area (Å²) in [7, 11) is 6.84. The Hall–Kier alpha value is -3.52. The number of methoxy groups -OCH3 is 2. The molecule has 0 radical (unpaired) electrons. The molecule has 1 fully saturated rings. The molecular formula is C26H32N2O6. The van der Waals surface area contributed by atoms with Crippen LogP contribution in [0.25, 0.3) is 5.76 Å². The SMILES string of the molecule is COc1ccc(OC)c(/C(O)=C2\C(=O)C(=O)N(CCOC(C)C)C2c2ccc(N(C)C)cc2)c1. The average Bonchev–Trinajstić information content (AvgIpc) is 3.08. The minimum atomic E-state index is -0.775. The Balaban J connectivity index is 2.16. The molecule has 1 N–H and O–H groups in total. The lowest BCUT2D eigenvalue weighted by Gasteiger charge is -2.26. The normalized spacial score (nSPS) is 17.4. The van der Waals surface area contributed by atoms with Crippen LogP contribution in [-0.4, -0.2) is 69.3 Å². The molecule has 1 saturated heterocycles. The maximum Gasteiger partial charge on any atom is 0.295 e. The lowest BCUT2D eigenvalue weighted by atomic mass is 9.94. The van der Waals surface area contributed by atoms with Crippen LogP contribution >= 0.6 is 0 Å². The van der Waals surface area contributed by atoms with Gasteiger partial charge in [-0.3, -0.25) is 9.59 Å². The third-order valence-corrected chi connectivity index (χ3v) is 5.71. The number of aliphatic hydroxyl groups is 1. The second-order valence-electron chi connectivity index (χ2n) is 8.46. The van der Waals surface area contributed by atoms with Crippen molar-refractivity contribution in [3.63, 3.8) is 0 Å². The Morgan fingerprint density at radius 2 is 1.74 bits per heavy atom. The van der Waals surface area contributed by atoms with Crippen molar-refractivity contribution in [2.75, 3.05) is 46.4 Å². The summed E-state index contributed by atoms with van der Waals surface area (Å²) in [5.74, 6) is -0.919. The van der Waals surface area contributed by atoms with E-state index in [2.05, 4.69) is 0 Å². The zero-order valence-corrected chi connectivity index (χ0v) is 20.5. The highest BCUT2D eigenvalue weighted by Gasteiger charge is 2.46. The zero-order chi connectivity index (χ0) is 25.0. The number of amides is 1. The van der Waals surface area contributed by atoms with Gasteiger partial charge in [0.15, 0.2) is 0 Å². The molecule has 0 aliphatic carbocycles. The number of hydrogen-bond donors (Lipinski definition) is 1. The predicted molar refractivity (Wildman–Crippen MR) is 130 cm³/mol. The number of carbonyl (C=O) groups excluding carboxylic acids is 2. The lowest BCUT2D eigenvalue weighted by molar-refractivity contribution is -0.140. The van der Waals surface area contributed by atoms with Crippen molar-refractivity contribution in [1.29, 1.82) is 0 Å². The fourth-order valence-corrected chi connectivity index (χ4v) is 3.94. The van der Waals surface area contributed by atoms with E-state index in [1.165, 1.54) is 19.1 Å². The van der Waals surface area contributed by atoms with Crippen molar-refractivity contribution in [2.45, 2.75) is 26.0 Å². The van der Waals surface area contributed by atoms with Crippen LogP contribution in [0.4, 0.5) is 5.69 Å². The molecule has 1 aliphatic rings. The number of ketones is 1. The van der Waals surface area contributed by atoms with Gasteiger partial charge in [-0.05, 0) is 49.7 Å². The number of benzene rings is 2. The summed E-state index contributed by atoms with van der Waals surface area (Å²) in [6.45, 7) is 4.27. The van der Waals surface area contributed by atoms with Crippen molar-refractivity contribution in [1.82, 2.24) is 4.90 Å². The lowest BCUT2D eigenvalue weighted by Crippen LogP contribution is -2.33. The van der Waals surface area contributed by atoms with Crippen molar-refractivity contribution < 1.29 is 28.9 Å². The number of rotatable bonds is 9. The van der Waals surface area contributed by atoms with E-state index < -0.39 is 17.7 Å². The molecule has 1 atom stereocenters. The standard InChI is InChI=1S/C26H32N2O6/c1-16(2)34-14-13-28-23(17-7-9-18(10-8-17)27(3)4)22(25(30)26(28)31)24(29)20-15-19(32-5)11-12-21(20)33-6/h7-12,15-16,23,29H,13-14H2,1-6H3/b24-22+. The minimum absolute atomic E-state index is 0.00120. The Morgan fingerprint density at radius 3 is 2.29 bits per heavy atom. The van der Waals surface area contributed by atoms with Gasteiger partial charge in [0.1, 0.15) is 17.3 Å². The molecule has 2 aromatic carbocycles. The van der Waals surface area contributed by atoms with E-state index in [0.29, 0.717) is 17.1 Å². The number of nitrogens with zero attached hydrogens (tertiary/aromatic N) is 2. The van der Waals surface area contributed by atoms with Gasteiger partial charge < -0.3 is 29.1 Å². The van der Waals surface area contributed by atoms with Crippen molar-refractivity contribution in [3.05, 3.63) is 59.2 Å². The van der Waals surface area contributed by atoms with Crippen molar-refractivity contribution >= 4 is 23.1 Å². The maximum atomic E-state index is 13.2. The quantitative estimate of drug-likeness (QED) is 0.342. The van der Waals surface area contributed by atoms with Crippen LogP contribution < -0.4 is 14.4 Å². The Labute approximate surface area is 200 Å². The molecule has 0 spiro atoms. The van der Waals surface area contributed by atoms with Crippen molar-refractivity contribution in [3.8, 4) is 11.5 Å². The first-order valence-electron chi connectivity index (χ1n) is 11.1. The van der Waals surface area contributed by atoms with Gasteiger partial charge in [0.25, 0.3) is 11.7 Å². The van der Waals surface area contributed by atoms with Gasteiger partial charge in [-0.25, -0.2) is 0 Å². The molecule has 1 heterocycles. The molecule has 1 aliphatic heterocycles. The fourth-order valence-electron chi connectivity index (χ4n) is 3.94. The number of likely N-dealkylation sites (tertiary alicyclic amines) is 1. The topological polar surface area (TPSA) is 88.5 Å². The van der Waals surface area contributed by atoms with Gasteiger partial charge in [0.05, 0.1) is 44.1 Å². The summed E-state index contributed by atoms with van der Waals surface area (Å²) in [5.41, 5.74) is 1.95. The van der Waals surface area contributed by atoms with Gasteiger partial charge in [0.2, 0.25) is 0 Å². The Bertz CT molecular complexity index is 1080. The van der Waals surface area contributed by atoms with E-state index in [1.807, 2.05) is 57.1 Å². The molecule has 3 rings (SSSR count). The van der Waals surface area contributed by atoms with Crippen LogP contribution in [0.3, 0.4) is 0 Å². The summed E-state index contributed by atoms with van der Waals surface area (Å²) in [6, 6.07) is 11.7. The molecule has 1 unspecified atom stereocenters. The number of ether oxygens (including phenoxy) is 3. The van der Waals surface area contributed by atoms with E-state index >= 15 is 0 Å². The summed E-state index contributed by atoms with van der Waals surface area (Å²) < 4.78 is 16.3. The molecule has 1 amide bonds. The van der Waals surface area contributed by atoms with Gasteiger partial charge >= 0.3 is 0 Å². The minimum Gasteiger partial charge on any atom is -0.507 e. The first-order valence-corrected chi connectivity index (χ1v) is 11.1. The van der Waals surface area contributed by atoms with E-state index in [-0.39, 0.29) is 36.2 Å². The molecule has 0 bridgehead atoms. The molecule has 2 aromatic rings. The van der Waals surface area contributed by atoms with Crippen LogP contribution in [-0.2, 0) is 14.3 Å². The molecular weight excluding hydrogens is 436 g/mol. The predicted octanol–water partition coefficient (Wildman–Crippen LogP) is 3.62. The molecule has 182 valence electrons. The molecule has 8 heteroatoms. The highest BCUT2D eigenvalue weighted by atomic mass is 16.5. The third-order valence-electron chi connectivity index (χ3n) is 5.71. The number of aliphatic hydroxyl groups excluding tert-OH is 1.